The molecule has 1 aliphatic rings. The number of benzene rings is 1. The normalized spacial score (nSPS) is 23.3. The molecule has 0 bridgehead atoms. The van der Waals surface area contributed by atoms with E-state index in [1.165, 1.54) is 0 Å². The zero-order valence-electron chi connectivity index (χ0n) is 10.8. The number of rotatable bonds is 1. The molecule has 2 rings (SSSR count). The number of para-hydroxylation sites is 1. The van der Waals surface area contributed by atoms with Crippen molar-refractivity contribution in [2.24, 2.45) is 0 Å². The summed E-state index contributed by atoms with van der Waals surface area (Å²) in [5, 5.41) is 3.61. The van der Waals surface area contributed by atoms with E-state index >= 15 is 0 Å². The number of carbonyl (C=O) groups excluding carboxylic acids is 1. The number of hydrogen-bond acceptors (Lipinski definition) is 2. The van der Waals surface area contributed by atoms with Gasteiger partial charge in [-0.15, -0.1) is 0 Å². The summed E-state index contributed by atoms with van der Waals surface area (Å²) < 4.78 is 5.59. The van der Waals surface area contributed by atoms with Crippen LogP contribution in [0.15, 0.2) is 18.2 Å². The van der Waals surface area contributed by atoms with Crippen molar-refractivity contribution in [2.45, 2.75) is 26.1 Å². The van der Waals surface area contributed by atoms with Gasteiger partial charge in [-0.2, -0.15) is 0 Å². The first-order valence-electron chi connectivity index (χ1n) is 6.12. The Morgan fingerprint density at radius 3 is 2.32 bits per heavy atom. The fourth-order valence-corrected chi connectivity index (χ4v) is 2.64. The van der Waals surface area contributed by atoms with Crippen molar-refractivity contribution in [1.82, 2.24) is 4.90 Å². The standard InChI is InChI=1S/C13H16Cl2N2O2/c1-8-6-17(7-9(2)19-8)13(18)16-12-10(14)4-3-5-11(12)15/h3-5,8-9H,6-7H2,1-2H3,(H,16,18)/t8-,9+. The van der Waals surface area contributed by atoms with E-state index in [4.69, 9.17) is 27.9 Å². The van der Waals surface area contributed by atoms with Gasteiger partial charge in [-0.25, -0.2) is 4.79 Å². The van der Waals surface area contributed by atoms with Gasteiger partial charge in [-0.05, 0) is 26.0 Å². The van der Waals surface area contributed by atoms with E-state index < -0.39 is 0 Å². The predicted molar refractivity (Wildman–Crippen MR) is 77.1 cm³/mol. The number of nitrogens with zero attached hydrogens (tertiary/aromatic N) is 1. The van der Waals surface area contributed by atoms with Gasteiger partial charge in [0.2, 0.25) is 0 Å². The zero-order valence-corrected chi connectivity index (χ0v) is 12.3. The molecule has 1 saturated heterocycles. The highest BCUT2D eigenvalue weighted by Crippen LogP contribution is 2.30. The highest BCUT2D eigenvalue weighted by atomic mass is 35.5. The first-order chi connectivity index (χ1) is 8.97. The molecule has 1 heterocycles. The first-order valence-corrected chi connectivity index (χ1v) is 6.88. The lowest BCUT2D eigenvalue weighted by Gasteiger charge is -2.35. The number of amides is 2. The maximum Gasteiger partial charge on any atom is 0.322 e. The number of nitrogens with one attached hydrogen (secondary N) is 1. The van der Waals surface area contributed by atoms with Gasteiger partial charge in [-0.1, -0.05) is 29.3 Å². The van der Waals surface area contributed by atoms with Crippen LogP contribution in [0.4, 0.5) is 10.5 Å². The molecule has 0 spiro atoms. The van der Waals surface area contributed by atoms with Crippen LogP contribution >= 0.6 is 23.2 Å². The summed E-state index contributed by atoms with van der Waals surface area (Å²) in [6.07, 6.45) is 0.0486. The van der Waals surface area contributed by atoms with Crippen LogP contribution in [0.2, 0.25) is 10.0 Å². The van der Waals surface area contributed by atoms with Crippen LogP contribution in [-0.2, 0) is 4.74 Å². The molecule has 19 heavy (non-hydrogen) atoms. The smallest absolute Gasteiger partial charge is 0.322 e. The van der Waals surface area contributed by atoms with Crippen LogP contribution < -0.4 is 5.32 Å². The second-order valence-corrected chi connectivity index (χ2v) is 5.50. The molecule has 6 heteroatoms. The van der Waals surface area contributed by atoms with E-state index in [-0.39, 0.29) is 18.2 Å². The Bertz CT molecular complexity index is 451. The Morgan fingerprint density at radius 2 is 1.79 bits per heavy atom. The number of halogens is 2. The van der Waals surface area contributed by atoms with Gasteiger partial charge in [0.1, 0.15) is 0 Å². The minimum atomic E-state index is -0.211. The fourth-order valence-electron chi connectivity index (χ4n) is 2.15. The molecule has 2 amide bonds. The second kappa shape index (κ2) is 5.99. The summed E-state index contributed by atoms with van der Waals surface area (Å²) in [7, 11) is 0. The van der Waals surface area contributed by atoms with Crippen LogP contribution in [0.25, 0.3) is 0 Å². The zero-order chi connectivity index (χ0) is 14.0. The van der Waals surface area contributed by atoms with Crippen LogP contribution in [0.5, 0.6) is 0 Å². The molecule has 1 aromatic carbocycles. The number of urea groups is 1. The quantitative estimate of drug-likeness (QED) is 0.860. The van der Waals surface area contributed by atoms with Gasteiger partial charge in [0.15, 0.2) is 0 Å². The number of ether oxygens (including phenoxy) is 1. The Hall–Kier alpha value is -0.970. The summed E-state index contributed by atoms with van der Waals surface area (Å²) in [6, 6.07) is 4.90. The molecule has 0 radical (unpaired) electrons. The summed E-state index contributed by atoms with van der Waals surface area (Å²) >= 11 is 12.1. The lowest BCUT2D eigenvalue weighted by molar-refractivity contribution is -0.0530. The highest BCUT2D eigenvalue weighted by Gasteiger charge is 2.26. The largest absolute Gasteiger partial charge is 0.372 e. The molecule has 0 unspecified atom stereocenters. The molecular formula is C13H16Cl2N2O2. The van der Waals surface area contributed by atoms with Gasteiger partial charge in [0, 0.05) is 13.1 Å². The molecule has 1 aliphatic heterocycles. The monoisotopic (exact) mass is 302 g/mol. The van der Waals surface area contributed by atoms with E-state index in [1.54, 1.807) is 23.1 Å². The third-order valence-corrected chi connectivity index (χ3v) is 3.53. The van der Waals surface area contributed by atoms with E-state index in [0.29, 0.717) is 28.8 Å². The molecule has 4 nitrogen and oxygen atoms in total. The van der Waals surface area contributed by atoms with E-state index in [2.05, 4.69) is 5.32 Å². The maximum atomic E-state index is 12.2. The minimum Gasteiger partial charge on any atom is -0.372 e. The predicted octanol–water partition coefficient (Wildman–Crippen LogP) is 3.63. The average molecular weight is 303 g/mol. The van der Waals surface area contributed by atoms with E-state index in [1.807, 2.05) is 13.8 Å². The Kier molecular flexibility index (Phi) is 4.55. The molecular weight excluding hydrogens is 287 g/mol. The molecule has 2 atom stereocenters. The summed E-state index contributed by atoms with van der Waals surface area (Å²) in [5.74, 6) is 0. The number of morpholine rings is 1. The molecule has 0 aromatic heterocycles. The van der Waals surface area contributed by atoms with Crippen LogP contribution in [0.1, 0.15) is 13.8 Å². The van der Waals surface area contributed by atoms with Crippen LogP contribution in [0, 0.1) is 0 Å². The van der Waals surface area contributed by atoms with Crippen molar-refractivity contribution in [3.63, 3.8) is 0 Å². The molecule has 0 aliphatic carbocycles. The van der Waals surface area contributed by atoms with Gasteiger partial charge in [-0.3, -0.25) is 0 Å². The number of anilines is 1. The van der Waals surface area contributed by atoms with Crippen molar-refractivity contribution in [2.75, 3.05) is 18.4 Å². The van der Waals surface area contributed by atoms with E-state index in [9.17, 15) is 4.79 Å². The third-order valence-electron chi connectivity index (χ3n) is 2.90. The lowest BCUT2D eigenvalue weighted by atomic mass is 10.2. The van der Waals surface area contributed by atoms with Gasteiger partial charge in [0.25, 0.3) is 0 Å². The molecule has 1 fully saturated rings. The van der Waals surface area contributed by atoms with Crippen molar-refractivity contribution in [1.29, 1.82) is 0 Å². The first kappa shape index (κ1) is 14.4. The third kappa shape index (κ3) is 3.53. The lowest BCUT2D eigenvalue weighted by Crippen LogP contribution is -2.49. The average Bonchev–Trinajstić information content (AvgIpc) is 2.32. The van der Waals surface area contributed by atoms with Crippen LogP contribution in [0.3, 0.4) is 0 Å². The highest BCUT2D eigenvalue weighted by molar-refractivity contribution is 6.39. The van der Waals surface area contributed by atoms with Crippen molar-refractivity contribution in [3.05, 3.63) is 28.2 Å². The molecule has 0 saturated carbocycles. The SMILES string of the molecule is C[C@@H]1CN(C(=O)Nc2c(Cl)cccc2Cl)C[C@H](C)O1. The van der Waals surface area contributed by atoms with Crippen molar-refractivity contribution < 1.29 is 9.53 Å². The minimum absolute atomic E-state index is 0.0243. The molecule has 1 N–H and O–H groups in total. The second-order valence-electron chi connectivity index (χ2n) is 4.69. The maximum absolute atomic E-state index is 12.2. The van der Waals surface area contributed by atoms with Crippen molar-refractivity contribution >= 4 is 34.9 Å². The van der Waals surface area contributed by atoms with Crippen LogP contribution in [-0.4, -0.2) is 36.2 Å². The summed E-state index contributed by atoms with van der Waals surface area (Å²) in [4.78, 5) is 13.9. The van der Waals surface area contributed by atoms with Gasteiger partial charge >= 0.3 is 6.03 Å². The van der Waals surface area contributed by atoms with Gasteiger partial charge < -0.3 is 15.0 Å². The summed E-state index contributed by atoms with van der Waals surface area (Å²) in [5.41, 5.74) is 0.447. The number of carbonyl (C=O) groups is 1. The Morgan fingerprint density at radius 1 is 1.26 bits per heavy atom. The molecule has 104 valence electrons. The Balaban J connectivity index is 2.08. The Labute approximate surface area is 122 Å². The van der Waals surface area contributed by atoms with E-state index in [0.717, 1.165) is 0 Å². The van der Waals surface area contributed by atoms with Gasteiger partial charge in [0.05, 0.1) is 27.9 Å². The van der Waals surface area contributed by atoms with Crippen molar-refractivity contribution in [3.8, 4) is 0 Å². The fraction of sp³-hybridized carbons (Fsp3) is 0.462. The molecule has 1 aromatic rings. The topological polar surface area (TPSA) is 41.6 Å². The summed E-state index contributed by atoms with van der Waals surface area (Å²) in [6.45, 7) is 4.99. The number of hydrogen-bond donors (Lipinski definition) is 1.